The number of para-hydroxylation sites is 1. The average molecular weight is 318 g/mol. The maximum Gasteiger partial charge on any atom is 0.320 e. The number of amides is 2. The van der Waals surface area contributed by atoms with Crippen molar-refractivity contribution in [3.8, 4) is 5.75 Å². The predicted molar refractivity (Wildman–Crippen MR) is 93.8 cm³/mol. The summed E-state index contributed by atoms with van der Waals surface area (Å²) in [5.41, 5.74) is 1.16. The van der Waals surface area contributed by atoms with Gasteiger partial charge in [-0.05, 0) is 37.3 Å². The van der Waals surface area contributed by atoms with Crippen molar-refractivity contribution in [3.63, 3.8) is 0 Å². The van der Waals surface area contributed by atoms with Gasteiger partial charge in [-0.3, -0.25) is 0 Å². The Balaban J connectivity index is 1.91. The third-order valence-corrected chi connectivity index (χ3v) is 4.61. The van der Waals surface area contributed by atoms with Crippen LogP contribution in [0.25, 0.3) is 0 Å². The van der Waals surface area contributed by atoms with Gasteiger partial charge >= 0.3 is 6.03 Å². The van der Waals surface area contributed by atoms with Gasteiger partial charge in [0.05, 0.1) is 0 Å². The molecule has 23 heavy (non-hydrogen) atoms. The zero-order valence-electron chi connectivity index (χ0n) is 14.8. The van der Waals surface area contributed by atoms with Crippen LogP contribution >= 0.6 is 0 Å². The molecule has 2 rings (SSSR count). The van der Waals surface area contributed by atoms with E-state index in [4.69, 9.17) is 4.74 Å². The molecule has 0 aromatic heterocycles. The van der Waals surface area contributed by atoms with Crippen LogP contribution in [0.3, 0.4) is 0 Å². The maximum absolute atomic E-state index is 12.4. The number of ether oxygens (including phenoxy) is 1. The van der Waals surface area contributed by atoms with Crippen LogP contribution in [0.4, 0.5) is 4.79 Å². The highest BCUT2D eigenvalue weighted by molar-refractivity contribution is 5.74. The average Bonchev–Trinajstić information content (AvgIpc) is 2.55. The number of carbonyl (C=O) groups is 1. The molecule has 1 unspecified atom stereocenters. The summed E-state index contributed by atoms with van der Waals surface area (Å²) in [6.07, 6.45) is 5.59. The standard InChI is InChI=1S/C19H30N2O2/c1-14(2)17-12-8-9-13-18(17)23-15(3)20-19(22)21(4)16-10-6-5-7-11-16/h8-9,12-16H,5-7,10-11H2,1-4H3,(H,20,22). The van der Waals surface area contributed by atoms with Crippen LogP contribution in [0.5, 0.6) is 5.75 Å². The highest BCUT2D eigenvalue weighted by Crippen LogP contribution is 2.26. The second-order valence-corrected chi connectivity index (χ2v) is 6.80. The Hall–Kier alpha value is -1.71. The van der Waals surface area contributed by atoms with Crippen LogP contribution < -0.4 is 10.1 Å². The minimum absolute atomic E-state index is 0.0496. The normalized spacial score (nSPS) is 16.9. The third kappa shape index (κ3) is 4.88. The molecule has 1 N–H and O–H groups in total. The molecule has 1 aromatic rings. The minimum atomic E-state index is -0.353. The second kappa shape index (κ2) is 8.23. The molecule has 1 aliphatic carbocycles. The molecule has 0 aliphatic heterocycles. The van der Waals surface area contributed by atoms with Crippen molar-refractivity contribution in [2.75, 3.05) is 7.05 Å². The Morgan fingerprint density at radius 1 is 1.17 bits per heavy atom. The molecule has 1 fully saturated rings. The molecule has 128 valence electrons. The summed E-state index contributed by atoms with van der Waals surface area (Å²) in [7, 11) is 1.89. The van der Waals surface area contributed by atoms with Crippen LogP contribution in [0.15, 0.2) is 24.3 Å². The molecular formula is C19H30N2O2. The molecular weight excluding hydrogens is 288 g/mol. The topological polar surface area (TPSA) is 41.6 Å². The van der Waals surface area contributed by atoms with E-state index in [-0.39, 0.29) is 12.3 Å². The molecule has 0 heterocycles. The van der Waals surface area contributed by atoms with Gasteiger partial charge in [-0.1, -0.05) is 51.3 Å². The second-order valence-electron chi connectivity index (χ2n) is 6.80. The number of nitrogens with zero attached hydrogens (tertiary/aromatic N) is 1. The first-order valence-corrected chi connectivity index (χ1v) is 8.78. The van der Waals surface area contributed by atoms with Gasteiger partial charge in [0.15, 0.2) is 6.23 Å². The summed E-state index contributed by atoms with van der Waals surface area (Å²) < 4.78 is 5.96. The van der Waals surface area contributed by atoms with E-state index >= 15 is 0 Å². The molecule has 0 saturated heterocycles. The van der Waals surface area contributed by atoms with Gasteiger partial charge in [-0.15, -0.1) is 0 Å². The smallest absolute Gasteiger partial charge is 0.320 e. The lowest BCUT2D eigenvalue weighted by Gasteiger charge is -2.32. The molecule has 1 atom stereocenters. The van der Waals surface area contributed by atoms with Crippen LogP contribution in [0.2, 0.25) is 0 Å². The molecule has 1 aliphatic rings. The van der Waals surface area contributed by atoms with E-state index in [1.807, 2.05) is 37.1 Å². The van der Waals surface area contributed by atoms with E-state index in [1.165, 1.54) is 19.3 Å². The van der Waals surface area contributed by atoms with Gasteiger partial charge in [-0.25, -0.2) is 4.79 Å². The van der Waals surface area contributed by atoms with Crippen molar-refractivity contribution in [1.82, 2.24) is 10.2 Å². The Morgan fingerprint density at radius 3 is 2.48 bits per heavy atom. The molecule has 1 saturated carbocycles. The Morgan fingerprint density at radius 2 is 1.83 bits per heavy atom. The number of urea groups is 1. The van der Waals surface area contributed by atoms with E-state index < -0.39 is 0 Å². The SMILES string of the molecule is CC(NC(=O)N(C)C1CCCCC1)Oc1ccccc1C(C)C. The van der Waals surface area contributed by atoms with Gasteiger partial charge in [0.2, 0.25) is 0 Å². The molecule has 0 radical (unpaired) electrons. The highest BCUT2D eigenvalue weighted by Gasteiger charge is 2.23. The third-order valence-electron chi connectivity index (χ3n) is 4.61. The number of benzene rings is 1. The van der Waals surface area contributed by atoms with Gasteiger partial charge in [0.25, 0.3) is 0 Å². The lowest BCUT2D eigenvalue weighted by molar-refractivity contribution is 0.139. The molecule has 4 heteroatoms. The quantitative estimate of drug-likeness (QED) is 0.812. The largest absolute Gasteiger partial charge is 0.471 e. The van der Waals surface area contributed by atoms with Crippen LogP contribution in [0.1, 0.15) is 64.4 Å². The Labute approximate surface area is 140 Å². The summed E-state index contributed by atoms with van der Waals surface area (Å²) in [4.78, 5) is 14.2. The van der Waals surface area contributed by atoms with E-state index in [9.17, 15) is 4.79 Å². The zero-order valence-corrected chi connectivity index (χ0v) is 14.8. The number of hydrogen-bond donors (Lipinski definition) is 1. The molecule has 0 spiro atoms. The first kappa shape index (κ1) is 17.6. The molecule has 0 bridgehead atoms. The fourth-order valence-electron chi connectivity index (χ4n) is 3.19. The van der Waals surface area contributed by atoms with Crippen molar-refractivity contribution >= 4 is 6.03 Å². The number of hydrogen-bond acceptors (Lipinski definition) is 2. The van der Waals surface area contributed by atoms with Gasteiger partial charge in [-0.2, -0.15) is 0 Å². The highest BCUT2D eigenvalue weighted by atomic mass is 16.5. The lowest BCUT2D eigenvalue weighted by atomic mass is 9.95. The first-order valence-electron chi connectivity index (χ1n) is 8.78. The monoisotopic (exact) mass is 318 g/mol. The van der Waals surface area contributed by atoms with Crippen LogP contribution in [-0.2, 0) is 0 Å². The van der Waals surface area contributed by atoms with Crippen molar-refractivity contribution in [3.05, 3.63) is 29.8 Å². The van der Waals surface area contributed by atoms with Gasteiger partial charge < -0.3 is 15.0 Å². The Bertz CT molecular complexity index is 510. The van der Waals surface area contributed by atoms with E-state index in [0.29, 0.717) is 12.0 Å². The minimum Gasteiger partial charge on any atom is -0.471 e. The zero-order chi connectivity index (χ0) is 16.8. The summed E-state index contributed by atoms with van der Waals surface area (Å²) >= 11 is 0. The van der Waals surface area contributed by atoms with Gasteiger partial charge in [0.1, 0.15) is 5.75 Å². The summed E-state index contributed by atoms with van der Waals surface area (Å²) in [5.74, 6) is 1.23. The molecule has 1 aromatic carbocycles. The van der Waals surface area contributed by atoms with Crippen molar-refractivity contribution in [1.29, 1.82) is 0 Å². The van der Waals surface area contributed by atoms with Crippen molar-refractivity contribution in [2.24, 2.45) is 0 Å². The Kier molecular flexibility index (Phi) is 6.31. The van der Waals surface area contributed by atoms with Crippen LogP contribution in [-0.4, -0.2) is 30.2 Å². The fraction of sp³-hybridized carbons (Fsp3) is 0.632. The number of rotatable bonds is 5. The number of carbonyl (C=O) groups excluding carboxylic acids is 1. The lowest BCUT2D eigenvalue weighted by Crippen LogP contribution is -2.48. The first-order chi connectivity index (χ1) is 11.0. The van der Waals surface area contributed by atoms with E-state index in [0.717, 1.165) is 24.2 Å². The van der Waals surface area contributed by atoms with Crippen molar-refractivity contribution < 1.29 is 9.53 Å². The summed E-state index contributed by atoms with van der Waals surface area (Å²) in [6, 6.07) is 8.32. The molecule has 4 nitrogen and oxygen atoms in total. The van der Waals surface area contributed by atoms with E-state index in [2.05, 4.69) is 25.2 Å². The maximum atomic E-state index is 12.4. The number of nitrogens with one attached hydrogen (secondary N) is 1. The summed E-state index contributed by atoms with van der Waals surface area (Å²) in [5, 5.41) is 2.96. The fourth-order valence-corrected chi connectivity index (χ4v) is 3.19. The van der Waals surface area contributed by atoms with E-state index in [1.54, 1.807) is 0 Å². The predicted octanol–water partition coefficient (Wildman–Crippen LogP) is 4.51. The van der Waals surface area contributed by atoms with Gasteiger partial charge in [0, 0.05) is 13.1 Å². The van der Waals surface area contributed by atoms with Crippen molar-refractivity contribution in [2.45, 2.75) is 71.1 Å². The summed E-state index contributed by atoms with van der Waals surface area (Å²) in [6.45, 7) is 6.16. The molecule has 2 amide bonds. The van der Waals surface area contributed by atoms with Crippen LogP contribution in [0, 0.1) is 0 Å².